The van der Waals surface area contributed by atoms with Crippen LogP contribution in [0.2, 0.25) is 0 Å². The van der Waals surface area contributed by atoms with Crippen LogP contribution in [0.25, 0.3) is 0 Å². The molecule has 1 saturated heterocycles. The summed E-state index contributed by atoms with van der Waals surface area (Å²) < 4.78 is 19.1. The molecule has 2 unspecified atom stereocenters. The van der Waals surface area contributed by atoms with Crippen LogP contribution in [0.4, 0.5) is 4.39 Å². The fourth-order valence-corrected chi connectivity index (χ4v) is 3.34. The fraction of sp³-hybridized carbons (Fsp3) is 0.444. The summed E-state index contributed by atoms with van der Waals surface area (Å²) in [6.45, 7) is 4.14. The Balaban J connectivity index is 1.85. The van der Waals surface area contributed by atoms with E-state index >= 15 is 0 Å². The molecule has 1 fully saturated rings. The van der Waals surface area contributed by atoms with Gasteiger partial charge in [0, 0.05) is 6.54 Å². The summed E-state index contributed by atoms with van der Waals surface area (Å²) in [5, 5.41) is 10.4. The lowest BCUT2D eigenvalue weighted by molar-refractivity contribution is -0.133. The van der Waals surface area contributed by atoms with Crippen molar-refractivity contribution in [3.63, 3.8) is 0 Å². The van der Waals surface area contributed by atoms with Gasteiger partial charge >= 0.3 is 5.97 Å². The van der Waals surface area contributed by atoms with Gasteiger partial charge in [0.1, 0.15) is 11.5 Å². The maximum atomic E-state index is 14.1. The number of esters is 1. The molecular formula is C18H21FN4O3. The minimum Gasteiger partial charge on any atom is -0.461 e. The molecule has 1 amide bonds. The Bertz CT molecular complexity index is 807. The van der Waals surface area contributed by atoms with Crippen LogP contribution >= 0.6 is 0 Å². The number of ether oxygens (including phenoxy) is 1. The van der Waals surface area contributed by atoms with E-state index in [1.807, 2.05) is 0 Å². The Hall–Kier alpha value is -2.77. The summed E-state index contributed by atoms with van der Waals surface area (Å²) in [7, 11) is 0. The number of nitrogens with one attached hydrogen (secondary N) is 1. The minimum atomic E-state index is -0.630. The van der Waals surface area contributed by atoms with Crippen LogP contribution in [-0.2, 0) is 9.53 Å². The van der Waals surface area contributed by atoms with Crippen molar-refractivity contribution in [2.24, 2.45) is 0 Å². The second kappa shape index (κ2) is 7.63. The zero-order valence-corrected chi connectivity index (χ0v) is 14.7. The molecule has 0 bridgehead atoms. The highest BCUT2D eigenvalue weighted by molar-refractivity contribution is 5.89. The standard InChI is InChI=1S/C18H21FN4O3/c1-3-26-18(25)16-15(20-22-21-16)14-9-6-10-23(14)17(24)11(2)12-7-4-5-8-13(12)19/h4-5,7-8,11,14H,3,6,9-10H2,1-2H3,(H,20,21,22). The highest BCUT2D eigenvalue weighted by Gasteiger charge is 2.37. The monoisotopic (exact) mass is 360 g/mol. The van der Waals surface area contributed by atoms with Crippen LogP contribution < -0.4 is 0 Å². The first-order valence-corrected chi connectivity index (χ1v) is 8.67. The first kappa shape index (κ1) is 18.0. The number of carbonyl (C=O) groups excluding carboxylic acids is 2. The molecule has 26 heavy (non-hydrogen) atoms. The molecule has 1 aliphatic heterocycles. The van der Waals surface area contributed by atoms with Crippen molar-refractivity contribution < 1.29 is 18.7 Å². The summed E-state index contributed by atoms with van der Waals surface area (Å²) in [6.07, 6.45) is 1.43. The van der Waals surface area contributed by atoms with E-state index in [9.17, 15) is 14.0 Å². The van der Waals surface area contributed by atoms with Crippen molar-refractivity contribution in [2.45, 2.75) is 38.6 Å². The van der Waals surface area contributed by atoms with Crippen LogP contribution in [0.1, 0.15) is 60.4 Å². The van der Waals surface area contributed by atoms with Crippen molar-refractivity contribution >= 4 is 11.9 Å². The van der Waals surface area contributed by atoms with Gasteiger partial charge in [-0.3, -0.25) is 4.79 Å². The number of carbonyl (C=O) groups is 2. The quantitative estimate of drug-likeness (QED) is 0.828. The van der Waals surface area contributed by atoms with Crippen molar-refractivity contribution in [3.05, 3.63) is 47.0 Å². The minimum absolute atomic E-state index is 0.0927. The highest BCUT2D eigenvalue weighted by Crippen LogP contribution is 2.35. The number of halogens is 1. The van der Waals surface area contributed by atoms with E-state index < -0.39 is 17.7 Å². The van der Waals surface area contributed by atoms with Gasteiger partial charge in [-0.05, 0) is 38.3 Å². The molecule has 2 aromatic rings. The topological polar surface area (TPSA) is 88.2 Å². The van der Waals surface area contributed by atoms with Crippen LogP contribution in [0, 0.1) is 5.82 Å². The van der Waals surface area contributed by atoms with Gasteiger partial charge in [-0.15, -0.1) is 5.10 Å². The lowest BCUT2D eigenvalue weighted by Crippen LogP contribution is -2.35. The van der Waals surface area contributed by atoms with E-state index in [0.29, 0.717) is 24.2 Å². The maximum absolute atomic E-state index is 14.1. The normalized spacial score (nSPS) is 18.0. The molecule has 1 N–H and O–H groups in total. The number of amides is 1. The van der Waals surface area contributed by atoms with Crippen molar-refractivity contribution in [1.29, 1.82) is 0 Å². The number of likely N-dealkylation sites (tertiary alicyclic amines) is 1. The van der Waals surface area contributed by atoms with Crippen LogP contribution in [0.3, 0.4) is 0 Å². The lowest BCUT2D eigenvalue weighted by Gasteiger charge is -2.27. The van der Waals surface area contributed by atoms with E-state index in [2.05, 4.69) is 15.4 Å². The third kappa shape index (κ3) is 3.31. The fourth-order valence-electron chi connectivity index (χ4n) is 3.34. The predicted octanol–water partition coefficient (Wildman–Crippen LogP) is 2.59. The maximum Gasteiger partial charge on any atom is 0.360 e. The summed E-state index contributed by atoms with van der Waals surface area (Å²) in [5.74, 6) is -1.80. The number of benzene rings is 1. The molecule has 3 rings (SSSR count). The molecule has 0 saturated carbocycles. The molecule has 1 aromatic heterocycles. The van der Waals surface area contributed by atoms with Crippen molar-refractivity contribution in [1.82, 2.24) is 20.3 Å². The molecule has 2 atom stereocenters. The zero-order chi connectivity index (χ0) is 18.7. The molecular weight excluding hydrogens is 339 g/mol. The molecule has 8 heteroatoms. The summed E-state index contributed by atoms with van der Waals surface area (Å²) >= 11 is 0. The average Bonchev–Trinajstić information content (AvgIpc) is 3.29. The number of hydrogen-bond donors (Lipinski definition) is 1. The third-order valence-electron chi connectivity index (χ3n) is 4.64. The first-order chi connectivity index (χ1) is 12.5. The van der Waals surface area contributed by atoms with Gasteiger partial charge < -0.3 is 9.64 Å². The Morgan fingerprint density at radius 1 is 1.38 bits per heavy atom. The summed E-state index contributed by atoms with van der Waals surface area (Å²) in [5.41, 5.74) is 0.846. The van der Waals surface area contributed by atoms with E-state index in [4.69, 9.17) is 4.74 Å². The second-order valence-corrected chi connectivity index (χ2v) is 6.21. The molecule has 2 heterocycles. The van der Waals surface area contributed by atoms with Gasteiger partial charge in [-0.2, -0.15) is 10.3 Å². The Kier molecular flexibility index (Phi) is 5.29. The predicted molar refractivity (Wildman–Crippen MR) is 90.8 cm³/mol. The number of rotatable bonds is 5. The number of nitrogens with zero attached hydrogens (tertiary/aromatic N) is 3. The number of aromatic amines is 1. The van der Waals surface area contributed by atoms with Crippen molar-refractivity contribution in [3.8, 4) is 0 Å². The third-order valence-corrected chi connectivity index (χ3v) is 4.64. The number of H-pyrrole nitrogens is 1. The van der Waals surface area contributed by atoms with Crippen LogP contribution in [-0.4, -0.2) is 45.3 Å². The summed E-state index contributed by atoms with van der Waals surface area (Å²) in [4.78, 5) is 26.7. The van der Waals surface area contributed by atoms with Gasteiger partial charge in [-0.1, -0.05) is 18.2 Å². The molecule has 0 radical (unpaired) electrons. The largest absolute Gasteiger partial charge is 0.461 e. The van der Waals surface area contributed by atoms with Crippen LogP contribution in [0.5, 0.6) is 0 Å². The van der Waals surface area contributed by atoms with E-state index in [0.717, 1.165) is 6.42 Å². The smallest absolute Gasteiger partial charge is 0.360 e. The van der Waals surface area contributed by atoms with E-state index in [1.54, 1.807) is 36.9 Å². The van der Waals surface area contributed by atoms with Gasteiger partial charge in [0.25, 0.3) is 0 Å². The molecule has 0 spiro atoms. The van der Waals surface area contributed by atoms with Gasteiger partial charge in [0.15, 0.2) is 5.69 Å². The van der Waals surface area contributed by atoms with E-state index in [-0.39, 0.29) is 24.2 Å². The molecule has 1 aromatic carbocycles. The summed E-state index contributed by atoms with van der Waals surface area (Å²) in [6, 6.07) is 5.88. The molecule has 7 nitrogen and oxygen atoms in total. The van der Waals surface area contributed by atoms with E-state index in [1.165, 1.54) is 6.07 Å². The van der Waals surface area contributed by atoms with Gasteiger partial charge in [0.05, 0.1) is 18.6 Å². The van der Waals surface area contributed by atoms with Gasteiger partial charge in [0.2, 0.25) is 5.91 Å². The molecule has 138 valence electrons. The van der Waals surface area contributed by atoms with Crippen LogP contribution in [0.15, 0.2) is 24.3 Å². The highest BCUT2D eigenvalue weighted by atomic mass is 19.1. The Morgan fingerprint density at radius 2 is 2.15 bits per heavy atom. The number of aromatic nitrogens is 3. The SMILES string of the molecule is CCOC(=O)c1n[nH]nc1C1CCCN1C(=O)C(C)c1ccccc1F. The zero-order valence-electron chi connectivity index (χ0n) is 14.7. The Morgan fingerprint density at radius 3 is 2.88 bits per heavy atom. The second-order valence-electron chi connectivity index (χ2n) is 6.21. The molecule has 0 aliphatic carbocycles. The van der Waals surface area contributed by atoms with Crippen molar-refractivity contribution in [2.75, 3.05) is 13.2 Å². The van der Waals surface area contributed by atoms with Gasteiger partial charge in [-0.25, -0.2) is 9.18 Å². The number of hydrogen-bond acceptors (Lipinski definition) is 5. The average molecular weight is 360 g/mol. The first-order valence-electron chi connectivity index (χ1n) is 8.67. The Labute approximate surface area is 150 Å². The molecule has 1 aliphatic rings. The lowest BCUT2D eigenvalue weighted by atomic mass is 9.98.